The first-order chi connectivity index (χ1) is 13.2. The average molecular weight is 372 g/mol. The molecule has 3 rings (SSSR count). The lowest BCUT2D eigenvalue weighted by atomic mass is 9.79. The van der Waals surface area contributed by atoms with E-state index in [0.29, 0.717) is 5.56 Å². The van der Waals surface area contributed by atoms with E-state index >= 15 is 0 Å². The number of aromatic nitrogens is 2. The molecule has 0 spiro atoms. The molecule has 2 aromatic carbocycles. The molecule has 0 bridgehead atoms. The van der Waals surface area contributed by atoms with E-state index in [1.807, 2.05) is 35.3 Å². The maximum atomic E-state index is 9.14. The van der Waals surface area contributed by atoms with E-state index in [9.17, 15) is 0 Å². The fourth-order valence-electron chi connectivity index (χ4n) is 3.65. The topological polar surface area (TPSA) is 41.6 Å². The fraction of sp³-hybridized carbons (Fsp3) is 0.360. The van der Waals surface area contributed by atoms with Crippen molar-refractivity contribution in [2.24, 2.45) is 0 Å². The number of hydrogen-bond acceptors (Lipinski definition) is 2. The van der Waals surface area contributed by atoms with E-state index < -0.39 is 0 Å². The first-order valence-corrected chi connectivity index (χ1v) is 9.81. The number of nitriles is 1. The molecule has 1 heterocycles. The number of nitrogens with zero attached hydrogens (tertiary/aromatic N) is 3. The molecule has 1 unspecified atom stereocenters. The van der Waals surface area contributed by atoms with Crippen LogP contribution >= 0.6 is 0 Å². The Kier molecular flexibility index (Phi) is 5.42. The van der Waals surface area contributed by atoms with Gasteiger partial charge in [-0.25, -0.2) is 0 Å². The van der Waals surface area contributed by atoms with Gasteiger partial charge >= 0.3 is 0 Å². The maximum Gasteiger partial charge on any atom is 0.0991 e. The van der Waals surface area contributed by atoms with Crippen molar-refractivity contribution in [3.05, 3.63) is 89.2 Å². The number of hydrogen-bond donors (Lipinski definition) is 0. The van der Waals surface area contributed by atoms with E-state index in [0.717, 1.165) is 6.42 Å². The minimum atomic E-state index is -0.134. The van der Waals surface area contributed by atoms with Crippen molar-refractivity contribution in [2.45, 2.75) is 57.9 Å². The van der Waals surface area contributed by atoms with Gasteiger partial charge in [0.2, 0.25) is 0 Å². The van der Waals surface area contributed by atoms with Gasteiger partial charge in [-0.15, -0.1) is 0 Å². The Labute approximate surface area is 168 Å². The van der Waals surface area contributed by atoms with Crippen LogP contribution in [0, 0.1) is 11.3 Å². The summed E-state index contributed by atoms with van der Waals surface area (Å²) in [6.07, 6.45) is 4.77. The normalized spacial score (nSPS) is 13.1. The summed E-state index contributed by atoms with van der Waals surface area (Å²) >= 11 is 0. The minimum Gasteiger partial charge on any atom is -0.267 e. The largest absolute Gasteiger partial charge is 0.267 e. The third-order valence-electron chi connectivity index (χ3n) is 5.45. The summed E-state index contributed by atoms with van der Waals surface area (Å²) in [6, 6.07) is 21.2. The lowest BCUT2D eigenvalue weighted by Gasteiger charge is -2.31. The van der Waals surface area contributed by atoms with Crippen LogP contribution in [0.15, 0.2) is 67.0 Å². The van der Waals surface area contributed by atoms with E-state index in [1.54, 1.807) is 0 Å². The molecule has 3 heteroatoms. The maximum absolute atomic E-state index is 9.14. The van der Waals surface area contributed by atoms with Crippen molar-refractivity contribution < 1.29 is 0 Å². The Morgan fingerprint density at radius 1 is 0.929 bits per heavy atom. The highest BCUT2D eigenvalue weighted by atomic mass is 15.3. The second kappa shape index (κ2) is 7.64. The molecular weight excluding hydrogens is 342 g/mol. The molecule has 0 radical (unpaired) electrons. The Hall–Kier alpha value is -2.86. The summed E-state index contributed by atoms with van der Waals surface area (Å²) in [4.78, 5) is 0. The summed E-state index contributed by atoms with van der Waals surface area (Å²) in [5.41, 5.74) is 4.54. The van der Waals surface area contributed by atoms with Crippen molar-refractivity contribution in [1.82, 2.24) is 9.78 Å². The van der Waals surface area contributed by atoms with Gasteiger partial charge in [0.25, 0.3) is 0 Å². The highest BCUT2D eigenvalue weighted by molar-refractivity contribution is 5.39. The minimum absolute atomic E-state index is 0.134. The van der Waals surface area contributed by atoms with E-state index in [4.69, 9.17) is 5.26 Å². The smallest absolute Gasteiger partial charge is 0.0991 e. The first-order valence-electron chi connectivity index (χ1n) is 9.81. The quantitative estimate of drug-likeness (QED) is 0.551. The van der Waals surface area contributed by atoms with Gasteiger partial charge in [0.05, 0.1) is 17.2 Å². The van der Waals surface area contributed by atoms with Gasteiger partial charge < -0.3 is 0 Å². The Morgan fingerprint density at radius 3 is 1.96 bits per heavy atom. The number of rotatable bonds is 5. The Morgan fingerprint density at radius 2 is 1.50 bits per heavy atom. The molecule has 0 aliphatic carbocycles. The second-order valence-electron chi connectivity index (χ2n) is 9.13. The van der Waals surface area contributed by atoms with Gasteiger partial charge in [-0.05, 0) is 60.6 Å². The third kappa shape index (κ3) is 4.34. The fourth-order valence-corrected chi connectivity index (χ4v) is 3.65. The molecule has 1 atom stereocenters. The predicted octanol–water partition coefficient (Wildman–Crippen LogP) is 6.01. The molecule has 0 aliphatic heterocycles. The van der Waals surface area contributed by atoms with E-state index in [-0.39, 0.29) is 16.9 Å². The zero-order chi connectivity index (χ0) is 20.4. The first kappa shape index (κ1) is 19.9. The molecule has 0 fully saturated rings. The lowest BCUT2D eigenvalue weighted by Crippen LogP contribution is -2.29. The zero-order valence-corrected chi connectivity index (χ0v) is 17.5. The molecule has 0 aliphatic rings. The molecule has 3 aromatic rings. The standard InChI is InChI=1S/C25H29N3/c1-24(2,3)22-13-11-21(12-14-22)23(20-9-7-19(18-26)8-10-20)17-25(4,5)28-16-6-15-27-28/h6-16,23H,17H2,1-5H3. The van der Waals surface area contributed by atoms with Crippen LogP contribution in [0.1, 0.15) is 69.2 Å². The van der Waals surface area contributed by atoms with Crippen molar-refractivity contribution in [3.63, 3.8) is 0 Å². The van der Waals surface area contributed by atoms with Gasteiger partial charge in [0, 0.05) is 18.3 Å². The van der Waals surface area contributed by atoms with Gasteiger partial charge in [-0.1, -0.05) is 57.2 Å². The summed E-state index contributed by atoms with van der Waals surface area (Å²) in [5, 5.41) is 13.6. The molecule has 0 saturated carbocycles. The summed E-state index contributed by atoms with van der Waals surface area (Å²) < 4.78 is 2.03. The monoisotopic (exact) mass is 371 g/mol. The molecule has 28 heavy (non-hydrogen) atoms. The lowest BCUT2D eigenvalue weighted by molar-refractivity contribution is 0.282. The second-order valence-corrected chi connectivity index (χ2v) is 9.13. The number of benzene rings is 2. The van der Waals surface area contributed by atoms with Gasteiger partial charge in [0.15, 0.2) is 0 Å². The molecule has 1 aromatic heterocycles. The SMILES string of the molecule is CC(C)(C)c1ccc(C(CC(C)(C)n2cccn2)c2ccc(C#N)cc2)cc1. The zero-order valence-electron chi connectivity index (χ0n) is 17.5. The molecule has 3 nitrogen and oxygen atoms in total. The highest BCUT2D eigenvalue weighted by Gasteiger charge is 2.28. The molecule has 144 valence electrons. The van der Waals surface area contributed by atoms with Crippen LogP contribution in [0.25, 0.3) is 0 Å². The van der Waals surface area contributed by atoms with Crippen LogP contribution < -0.4 is 0 Å². The van der Waals surface area contributed by atoms with Crippen LogP contribution in [-0.2, 0) is 11.0 Å². The van der Waals surface area contributed by atoms with Crippen LogP contribution in [0.3, 0.4) is 0 Å². The molecule has 0 saturated heterocycles. The van der Waals surface area contributed by atoms with Gasteiger partial charge in [0.1, 0.15) is 0 Å². The molecule has 0 amide bonds. The van der Waals surface area contributed by atoms with Crippen molar-refractivity contribution in [2.75, 3.05) is 0 Å². The summed E-state index contributed by atoms with van der Waals surface area (Å²) in [7, 11) is 0. The highest BCUT2D eigenvalue weighted by Crippen LogP contribution is 2.36. The third-order valence-corrected chi connectivity index (χ3v) is 5.45. The van der Waals surface area contributed by atoms with Gasteiger partial charge in [-0.2, -0.15) is 10.4 Å². The van der Waals surface area contributed by atoms with Crippen LogP contribution in [0.2, 0.25) is 0 Å². The van der Waals surface area contributed by atoms with Crippen LogP contribution in [0.5, 0.6) is 0 Å². The van der Waals surface area contributed by atoms with Crippen molar-refractivity contribution >= 4 is 0 Å². The summed E-state index contributed by atoms with van der Waals surface area (Å²) in [6.45, 7) is 11.2. The predicted molar refractivity (Wildman–Crippen MR) is 114 cm³/mol. The average Bonchev–Trinajstić information content (AvgIpc) is 3.22. The Balaban J connectivity index is 2.00. The van der Waals surface area contributed by atoms with Crippen molar-refractivity contribution in [3.8, 4) is 6.07 Å². The molecule has 0 N–H and O–H groups in total. The molecular formula is C25H29N3. The summed E-state index contributed by atoms with van der Waals surface area (Å²) in [5.74, 6) is 0.223. The van der Waals surface area contributed by atoms with E-state index in [2.05, 4.69) is 82.2 Å². The van der Waals surface area contributed by atoms with Crippen LogP contribution in [0.4, 0.5) is 0 Å². The van der Waals surface area contributed by atoms with Gasteiger partial charge in [-0.3, -0.25) is 4.68 Å². The van der Waals surface area contributed by atoms with E-state index in [1.165, 1.54) is 16.7 Å². The Bertz CT molecular complexity index is 935. The van der Waals surface area contributed by atoms with Crippen LogP contribution in [-0.4, -0.2) is 9.78 Å². The van der Waals surface area contributed by atoms with Crippen molar-refractivity contribution in [1.29, 1.82) is 5.26 Å².